The van der Waals surface area contributed by atoms with Gasteiger partial charge in [0.15, 0.2) is 0 Å². The highest BCUT2D eigenvalue weighted by atomic mass is 35.5. The predicted octanol–water partition coefficient (Wildman–Crippen LogP) is 0.674. The molecule has 1 aliphatic rings. The van der Waals surface area contributed by atoms with Crippen LogP contribution in [-0.4, -0.2) is 24.4 Å². The number of carbonyl (C=O) groups is 2. The maximum absolute atomic E-state index is 11.8. The van der Waals surface area contributed by atoms with E-state index < -0.39 is 5.91 Å². The van der Waals surface area contributed by atoms with Gasteiger partial charge in [-0.3, -0.25) is 9.59 Å². The average Bonchev–Trinajstić information content (AvgIpc) is 3.20. The third-order valence-corrected chi connectivity index (χ3v) is 3.14. The summed E-state index contributed by atoms with van der Waals surface area (Å²) >= 11 is 0. The Morgan fingerprint density at radius 2 is 1.95 bits per heavy atom. The van der Waals surface area contributed by atoms with Gasteiger partial charge in [0.2, 0.25) is 5.91 Å². The molecule has 1 unspecified atom stereocenters. The second-order valence-electron chi connectivity index (χ2n) is 4.66. The number of carbonyl (C=O) groups excluding carboxylic acids is 2. The van der Waals surface area contributed by atoms with Crippen molar-refractivity contribution in [2.45, 2.75) is 18.9 Å². The first-order valence-electron chi connectivity index (χ1n) is 6.01. The van der Waals surface area contributed by atoms with E-state index in [-0.39, 0.29) is 24.4 Å². The molecule has 0 aliphatic heterocycles. The lowest BCUT2D eigenvalue weighted by Crippen LogP contribution is -2.38. The monoisotopic (exact) mass is 283 g/mol. The van der Waals surface area contributed by atoms with Gasteiger partial charge >= 0.3 is 0 Å². The summed E-state index contributed by atoms with van der Waals surface area (Å²) in [4.78, 5) is 22.9. The van der Waals surface area contributed by atoms with E-state index in [0.717, 1.165) is 12.8 Å². The van der Waals surface area contributed by atoms with Crippen LogP contribution in [0.15, 0.2) is 24.3 Å². The molecule has 0 spiro atoms. The number of rotatable bonds is 5. The van der Waals surface area contributed by atoms with E-state index in [2.05, 4.69) is 5.32 Å². The first-order valence-corrected chi connectivity index (χ1v) is 6.01. The van der Waals surface area contributed by atoms with E-state index >= 15 is 0 Å². The Balaban J connectivity index is 0.00000180. The maximum Gasteiger partial charge on any atom is 0.251 e. The van der Waals surface area contributed by atoms with E-state index in [4.69, 9.17) is 11.5 Å². The largest absolute Gasteiger partial charge is 0.366 e. The SMILES string of the molecule is Cl.NC(=O)c1cccc(C(=O)NCC(N)C2CC2)c1. The van der Waals surface area contributed by atoms with Gasteiger partial charge in [0.25, 0.3) is 5.91 Å². The lowest BCUT2D eigenvalue weighted by Gasteiger charge is -2.11. The van der Waals surface area contributed by atoms with Crippen molar-refractivity contribution in [2.24, 2.45) is 17.4 Å². The zero-order valence-corrected chi connectivity index (χ0v) is 11.3. The number of primary amides is 1. The molecule has 0 bridgehead atoms. The van der Waals surface area contributed by atoms with E-state index in [9.17, 15) is 9.59 Å². The second kappa shape index (κ2) is 6.54. The standard InChI is InChI=1S/C13H17N3O2.ClH/c14-11(8-4-5-8)7-16-13(18)10-3-1-2-9(6-10)12(15)17;/h1-3,6,8,11H,4-5,7,14H2,(H2,15,17)(H,16,18);1H. The van der Waals surface area contributed by atoms with Gasteiger partial charge in [-0.1, -0.05) is 6.07 Å². The van der Waals surface area contributed by atoms with Crippen LogP contribution >= 0.6 is 12.4 Å². The number of benzene rings is 1. The Labute approximate surface area is 118 Å². The molecule has 19 heavy (non-hydrogen) atoms. The van der Waals surface area contributed by atoms with Crippen molar-refractivity contribution in [3.05, 3.63) is 35.4 Å². The third-order valence-electron chi connectivity index (χ3n) is 3.14. The van der Waals surface area contributed by atoms with E-state index in [1.54, 1.807) is 18.2 Å². The molecule has 5 N–H and O–H groups in total. The first-order chi connectivity index (χ1) is 8.58. The van der Waals surface area contributed by atoms with E-state index in [1.807, 2.05) is 0 Å². The molecule has 1 atom stereocenters. The fourth-order valence-electron chi connectivity index (χ4n) is 1.82. The van der Waals surface area contributed by atoms with Crippen LogP contribution in [-0.2, 0) is 0 Å². The normalized spacial score (nSPS) is 15.2. The van der Waals surface area contributed by atoms with Gasteiger partial charge in [-0.25, -0.2) is 0 Å². The van der Waals surface area contributed by atoms with E-state index in [1.165, 1.54) is 6.07 Å². The van der Waals surface area contributed by atoms with Gasteiger partial charge in [-0.2, -0.15) is 0 Å². The predicted molar refractivity (Wildman–Crippen MR) is 75.2 cm³/mol. The third kappa shape index (κ3) is 4.22. The molecule has 1 aromatic rings. The molecular weight excluding hydrogens is 266 g/mol. The second-order valence-corrected chi connectivity index (χ2v) is 4.66. The van der Waals surface area contributed by atoms with Crippen molar-refractivity contribution in [3.63, 3.8) is 0 Å². The molecular formula is C13H18ClN3O2. The van der Waals surface area contributed by atoms with Gasteiger partial charge in [0, 0.05) is 23.7 Å². The highest BCUT2D eigenvalue weighted by Crippen LogP contribution is 2.31. The van der Waals surface area contributed by atoms with Gasteiger partial charge in [-0.05, 0) is 37.0 Å². The molecule has 1 aromatic carbocycles. The summed E-state index contributed by atoms with van der Waals surface area (Å²) < 4.78 is 0. The number of nitrogens with two attached hydrogens (primary N) is 2. The summed E-state index contributed by atoms with van der Waals surface area (Å²) in [5.41, 5.74) is 11.8. The average molecular weight is 284 g/mol. The summed E-state index contributed by atoms with van der Waals surface area (Å²) in [6.07, 6.45) is 2.29. The van der Waals surface area contributed by atoms with Gasteiger partial charge in [0.05, 0.1) is 0 Å². The number of halogens is 1. The van der Waals surface area contributed by atoms with Crippen LogP contribution in [0.5, 0.6) is 0 Å². The van der Waals surface area contributed by atoms with Crippen molar-refractivity contribution >= 4 is 24.2 Å². The Bertz CT molecular complexity index is 475. The number of nitrogens with one attached hydrogen (secondary N) is 1. The van der Waals surface area contributed by atoms with Crippen LogP contribution < -0.4 is 16.8 Å². The van der Waals surface area contributed by atoms with Crippen LogP contribution in [0.1, 0.15) is 33.6 Å². The molecule has 0 aromatic heterocycles. The van der Waals surface area contributed by atoms with Crippen LogP contribution in [0.2, 0.25) is 0 Å². The van der Waals surface area contributed by atoms with Crippen LogP contribution in [0.25, 0.3) is 0 Å². The summed E-state index contributed by atoms with van der Waals surface area (Å²) in [5.74, 6) is -0.226. The highest BCUT2D eigenvalue weighted by molar-refractivity contribution is 5.99. The summed E-state index contributed by atoms with van der Waals surface area (Å²) in [6.45, 7) is 0.463. The fraction of sp³-hybridized carbons (Fsp3) is 0.385. The molecule has 2 rings (SSSR count). The zero-order valence-electron chi connectivity index (χ0n) is 10.5. The molecule has 0 saturated heterocycles. The minimum Gasteiger partial charge on any atom is -0.366 e. The number of amides is 2. The number of hydrogen-bond donors (Lipinski definition) is 3. The molecule has 5 nitrogen and oxygen atoms in total. The highest BCUT2D eigenvalue weighted by Gasteiger charge is 2.28. The van der Waals surface area contributed by atoms with Crippen molar-refractivity contribution < 1.29 is 9.59 Å². The molecule has 104 valence electrons. The van der Waals surface area contributed by atoms with Crippen LogP contribution in [0, 0.1) is 5.92 Å². The van der Waals surface area contributed by atoms with Gasteiger partial charge in [-0.15, -0.1) is 12.4 Å². The Kier molecular flexibility index (Phi) is 5.32. The van der Waals surface area contributed by atoms with E-state index in [0.29, 0.717) is 23.6 Å². The zero-order chi connectivity index (χ0) is 13.1. The van der Waals surface area contributed by atoms with Gasteiger partial charge in [0.1, 0.15) is 0 Å². The lowest BCUT2D eigenvalue weighted by molar-refractivity contribution is 0.0950. The molecule has 6 heteroatoms. The van der Waals surface area contributed by atoms with Crippen molar-refractivity contribution in [1.82, 2.24) is 5.32 Å². The molecule has 2 amide bonds. The summed E-state index contributed by atoms with van der Waals surface area (Å²) in [5, 5.41) is 2.77. The molecule has 1 saturated carbocycles. The quantitative estimate of drug-likeness (QED) is 0.741. The smallest absolute Gasteiger partial charge is 0.251 e. The number of hydrogen-bond acceptors (Lipinski definition) is 3. The topological polar surface area (TPSA) is 98.2 Å². The Morgan fingerprint density at radius 3 is 2.53 bits per heavy atom. The molecule has 0 radical (unpaired) electrons. The Morgan fingerprint density at radius 1 is 1.32 bits per heavy atom. The fourth-order valence-corrected chi connectivity index (χ4v) is 1.82. The summed E-state index contributed by atoms with van der Waals surface area (Å²) in [6, 6.07) is 6.36. The maximum atomic E-state index is 11.8. The summed E-state index contributed by atoms with van der Waals surface area (Å²) in [7, 11) is 0. The molecule has 1 fully saturated rings. The molecule has 1 aliphatic carbocycles. The molecule has 0 heterocycles. The van der Waals surface area contributed by atoms with Crippen molar-refractivity contribution in [1.29, 1.82) is 0 Å². The van der Waals surface area contributed by atoms with Crippen molar-refractivity contribution in [3.8, 4) is 0 Å². The minimum absolute atomic E-state index is 0. The first kappa shape index (κ1) is 15.5. The van der Waals surface area contributed by atoms with Crippen molar-refractivity contribution in [2.75, 3.05) is 6.54 Å². The van der Waals surface area contributed by atoms with Crippen LogP contribution in [0.3, 0.4) is 0 Å². The van der Waals surface area contributed by atoms with Crippen LogP contribution in [0.4, 0.5) is 0 Å². The van der Waals surface area contributed by atoms with Gasteiger partial charge < -0.3 is 16.8 Å². The Hall–Kier alpha value is -1.59. The minimum atomic E-state index is -0.542. The lowest BCUT2D eigenvalue weighted by atomic mass is 10.1.